The molecule has 2 heterocycles. The van der Waals surface area contributed by atoms with Crippen molar-refractivity contribution in [1.82, 2.24) is 10.3 Å². The van der Waals surface area contributed by atoms with Crippen molar-refractivity contribution in [2.75, 3.05) is 25.0 Å². The van der Waals surface area contributed by atoms with Crippen molar-refractivity contribution in [3.05, 3.63) is 24.0 Å². The van der Waals surface area contributed by atoms with E-state index in [0.29, 0.717) is 24.5 Å². The Labute approximate surface area is 116 Å². The van der Waals surface area contributed by atoms with E-state index in [1.54, 1.807) is 12.1 Å². The van der Waals surface area contributed by atoms with Crippen molar-refractivity contribution in [2.45, 2.75) is 18.9 Å². The minimum atomic E-state index is -0.934. The summed E-state index contributed by atoms with van der Waals surface area (Å²) in [4.78, 5) is 26.3. The second-order valence-corrected chi connectivity index (χ2v) is 4.56. The number of carboxylic acids is 1. The summed E-state index contributed by atoms with van der Waals surface area (Å²) in [7, 11) is 0. The summed E-state index contributed by atoms with van der Waals surface area (Å²) in [5.41, 5.74) is 1.00. The molecular formula is C13H17N3O4. The number of nitrogens with zero attached hydrogens (tertiary/aromatic N) is 1. The first kappa shape index (κ1) is 14.4. The molecule has 2 rings (SSSR count). The summed E-state index contributed by atoms with van der Waals surface area (Å²) in [5.74, 6) is -1.08. The molecule has 1 aromatic heterocycles. The van der Waals surface area contributed by atoms with Crippen LogP contribution < -0.4 is 10.6 Å². The molecular weight excluding hydrogens is 262 g/mol. The summed E-state index contributed by atoms with van der Waals surface area (Å²) in [6.45, 7) is 2.10. The van der Waals surface area contributed by atoms with Crippen LogP contribution in [0.3, 0.4) is 0 Å². The van der Waals surface area contributed by atoms with Crippen LogP contribution in [0.1, 0.15) is 12.1 Å². The van der Waals surface area contributed by atoms with E-state index in [1.807, 2.05) is 0 Å². The number of anilines is 1. The number of carbonyl (C=O) groups excluding carboxylic acids is 1. The molecule has 1 amide bonds. The SMILES string of the molecule is O=C(O)Cc1ccc(NC(=O)CC2CNCCO2)cn1. The van der Waals surface area contributed by atoms with E-state index in [-0.39, 0.29) is 24.9 Å². The van der Waals surface area contributed by atoms with E-state index in [0.717, 1.165) is 6.54 Å². The first-order chi connectivity index (χ1) is 9.63. The minimum Gasteiger partial charge on any atom is -0.481 e. The van der Waals surface area contributed by atoms with E-state index in [2.05, 4.69) is 15.6 Å². The highest BCUT2D eigenvalue weighted by atomic mass is 16.5. The molecule has 1 saturated heterocycles. The van der Waals surface area contributed by atoms with Gasteiger partial charge in [0, 0.05) is 13.1 Å². The smallest absolute Gasteiger partial charge is 0.309 e. The first-order valence-electron chi connectivity index (χ1n) is 6.42. The molecule has 3 N–H and O–H groups in total. The van der Waals surface area contributed by atoms with Gasteiger partial charge in [-0.3, -0.25) is 14.6 Å². The number of nitrogens with one attached hydrogen (secondary N) is 2. The third-order valence-corrected chi connectivity index (χ3v) is 2.86. The van der Waals surface area contributed by atoms with Gasteiger partial charge in [-0.2, -0.15) is 0 Å². The quantitative estimate of drug-likeness (QED) is 0.703. The lowest BCUT2D eigenvalue weighted by Gasteiger charge is -2.23. The lowest BCUT2D eigenvalue weighted by molar-refractivity contribution is -0.136. The van der Waals surface area contributed by atoms with Gasteiger partial charge in [0.15, 0.2) is 0 Å². The third-order valence-electron chi connectivity index (χ3n) is 2.86. The fourth-order valence-corrected chi connectivity index (χ4v) is 1.93. The normalized spacial score (nSPS) is 18.5. The Bertz CT molecular complexity index is 469. The summed E-state index contributed by atoms with van der Waals surface area (Å²) < 4.78 is 5.44. The van der Waals surface area contributed by atoms with Crippen molar-refractivity contribution < 1.29 is 19.4 Å². The molecule has 1 fully saturated rings. The van der Waals surface area contributed by atoms with Gasteiger partial charge >= 0.3 is 5.97 Å². The number of hydrogen-bond acceptors (Lipinski definition) is 5. The van der Waals surface area contributed by atoms with Crippen molar-refractivity contribution >= 4 is 17.6 Å². The van der Waals surface area contributed by atoms with Crippen molar-refractivity contribution in [3.8, 4) is 0 Å². The van der Waals surface area contributed by atoms with Crippen LogP contribution in [0, 0.1) is 0 Å². The highest BCUT2D eigenvalue weighted by Gasteiger charge is 2.17. The molecule has 1 aromatic rings. The van der Waals surface area contributed by atoms with Crippen molar-refractivity contribution in [3.63, 3.8) is 0 Å². The van der Waals surface area contributed by atoms with Crippen LogP contribution in [0.4, 0.5) is 5.69 Å². The minimum absolute atomic E-state index is 0.108. The molecule has 0 radical (unpaired) electrons. The lowest BCUT2D eigenvalue weighted by atomic mass is 10.2. The number of pyridine rings is 1. The molecule has 0 aliphatic carbocycles. The average molecular weight is 279 g/mol. The number of carbonyl (C=O) groups is 2. The predicted molar refractivity (Wildman–Crippen MR) is 71.4 cm³/mol. The zero-order chi connectivity index (χ0) is 14.4. The van der Waals surface area contributed by atoms with Crippen LogP contribution in [0.15, 0.2) is 18.3 Å². The molecule has 0 bridgehead atoms. The van der Waals surface area contributed by atoms with Gasteiger partial charge in [-0.05, 0) is 12.1 Å². The van der Waals surface area contributed by atoms with E-state index in [4.69, 9.17) is 9.84 Å². The molecule has 0 saturated carbocycles. The van der Waals surface area contributed by atoms with E-state index in [1.165, 1.54) is 6.20 Å². The molecule has 7 heteroatoms. The Morgan fingerprint density at radius 2 is 2.35 bits per heavy atom. The maximum absolute atomic E-state index is 11.8. The Morgan fingerprint density at radius 1 is 1.50 bits per heavy atom. The molecule has 108 valence electrons. The summed E-state index contributed by atoms with van der Waals surface area (Å²) in [6, 6.07) is 3.23. The predicted octanol–water partition coefficient (Wildman–Crippen LogP) is 0.0257. The average Bonchev–Trinajstić information content (AvgIpc) is 2.41. The lowest BCUT2D eigenvalue weighted by Crippen LogP contribution is -2.40. The van der Waals surface area contributed by atoms with Crippen LogP contribution in [0.5, 0.6) is 0 Å². The maximum atomic E-state index is 11.8. The second-order valence-electron chi connectivity index (χ2n) is 4.56. The standard InChI is InChI=1S/C13H17N3O4/c17-12(6-11-8-14-3-4-20-11)16-10-2-1-9(15-7-10)5-13(18)19/h1-2,7,11,14H,3-6,8H2,(H,16,17)(H,18,19). The number of carboxylic acid groups (broad SMARTS) is 1. The summed E-state index contributed by atoms with van der Waals surface area (Å²) in [6.07, 6.45) is 1.50. The fourth-order valence-electron chi connectivity index (χ4n) is 1.93. The van der Waals surface area contributed by atoms with Gasteiger partial charge in [0.05, 0.1) is 43.1 Å². The molecule has 0 aromatic carbocycles. The van der Waals surface area contributed by atoms with Crippen LogP contribution in [0.2, 0.25) is 0 Å². The number of amides is 1. The zero-order valence-corrected chi connectivity index (χ0v) is 11.0. The van der Waals surface area contributed by atoms with Crippen LogP contribution in [-0.2, 0) is 20.7 Å². The summed E-state index contributed by atoms with van der Waals surface area (Å²) in [5, 5.41) is 14.5. The van der Waals surface area contributed by atoms with Crippen molar-refractivity contribution in [2.24, 2.45) is 0 Å². The Hall–Kier alpha value is -1.99. The molecule has 20 heavy (non-hydrogen) atoms. The molecule has 1 aliphatic rings. The topological polar surface area (TPSA) is 101 Å². The fraction of sp³-hybridized carbons (Fsp3) is 0.462. The largest absolute Gasteiger partial charge is 0.481 e. The Balaban J connectivity index is 1.82. The second kappa shape index (κ2) is 6.97. The Morgan fingerprint density at radius 3 is 2.95 bits per heavy atom. The molecule has 1 aliphatic heterocycles. The third kappa shape index (κ3) is 4.60. The van der Waals surface area contributed by atoms with Gasteiger partial charge in [-0.15, -0.1) is 0 Å². The van der Waals surface area contributed by atoms with Gasteiger partial charge in [0.25, 0.3) is 0 Å². The number of morpholine rings is 1. The van der Waals surface area contributed by atoms with Gasteiger partial charge in [0.2, 0.25) is 5.91 Å². The van der Waals surface area contributed by atoms with Crippen LogP contribution in [0.25, 0.3) is 0 Å². The van der Waals surface area contributed by atoms with E-state index in [9.17, 15) is 9.59 Å². The van der Waals surface area contributed by atoms with Gasteiger partial charge in [-0.25, -0.2) is 0 Å². The molecule has 7 nitrogen and oxygen atoms in total. The van der Waals surface area contributed by atoms with Gasteiger partial charge in [-0.1, -0.05) is 0 Å². The number of aromatic nitrogens is 1. The summed E-state index contributed by atoms with van der Waals surface area (Å²) >= 11 is 0. The maximum Gasteiger partial charge on any atom is 0.309 e. The zero-order valence-electron chi connectivity index (χ0n) is 11.0. The van der Waals surface area contributed by atoms with Gasteiger partial charge < -0.3 is 20.5 Å². The number of hydrogen-bond donors (Lipinski definition) is 3. The molecule has 0 spiro atoms. The van der Waals surface area contributed by atoms with Gasteiger partial charge in [0.1, 0.15) is 0 Å². The monoisotopic (exact) mass is 279 g/mol. The van der Waals surface area contributed by atoms with E-state index < -0.39 is 5.97 Å². The first-order valence-corrected chi connectivity index (χ1v) is 6.42. The number of ether oxygens (including phenoxy) is 1. The Kier molecular flexibility index (Phi) is 5.03. The molecule has 1 unspecified atom stereocenters. The molecule has 1 atom stereocenters. The number of aliphatic carboxylic acids is 1. The number of rotatable bonds is 5. The van der Waals surface area contributed by atoms with E-state index >= 15 is 0 Å². The van der Waals surface area contributed by atoms with Crippen molar-refractivity contribution in [1.29, 1.82) is 0 Å². The highest BCUT2D eigenvalue weighted by molar-refractivity contribution is 5.90. The van der Waals surface area contributed by atoms with Crippen LogP contribution in [-0.4, -0.2) is 47.8 Å². The van der Waals surface area contributed by atoms with Crippen LogP contribution >= 0.6 is 0 Å². The highest BCUT2D eigenvalue weighted by Crippen LogP contribution is 2.09.